The van der Waals surface area contributed by atoms with Gasteiger partial charge in [0.1, 0.15) is 5.01 Å². The number of nitrogens with zero attached hydrogens (tertiary/aromatic N) is 2. The lowest BCUT2D eigenvalue weighted by atomic mass is 9.94. The monoisotopic (exact) mass is 247 g/mol. The van der Waals surface area contributed by atoms with Gasteiger partial charge in [-0.1, -0.05) is 13.8 Å². The molecule has 2 aromatic rings. The molecule has 0 atom stereocenters. The first-order chi connectivity index (χ1) is 8.13. The summed E-state index contributed by atoms with van der Waals surface area (Å²) >= 11 is 1.72. The Hall–Kier alpha value is -1.26. The van der Waals surface area contributed by atoms with Gasteiger partial charge in [-0.05, 0) is 19.2 Å². The smallest absolute Gasteiger partial charge is 0.100 e. The largest absolute Gasteiger partial charge is 0.319 e. The second-order valence-electron chi connectivity index (χ2n) is 4.69. The van der Waals surface area contributed by atoms with Gasteiger partial charge in [0.15, 0.2) is 0 Å². The van der Waals surface area contributed by atoms with E-state index in [0.717, 1.165) is 17.8 Å². The fourth-order valence-corrected chi connectivity index (χ4v) is 2.71. The van der Waals surface area contributed by atoms with Crippen molar-refractivity contribution in [3.05, 3.63) is 34.9 Å². The van der Waals surface area contributed by atoms with Crippen LogP contribution in [0, 0.1) is 0 Å². The Bertz CT molecular complexity index is 476. The van der Waals surface area contributed by atoms with Crippen LogP contribution in [-0.2, 0) is 5.41 Å². The molecular formula is C13H17N3S. The van der Waals surface area contributed by atoms with Crippen LogP contribution in [0.3, 0.4) is 0 Å². The molecule has 17 heavy (non-hydrogen) atoms. The average molecular weight is 247 g/mol. The minimum absolute atomic E-state index is 0.0741. The number of hydrogen-bond donors (Lipinski definition) is 1. The molecule has 0 fully saturated rings. The summed E-state index contributed by atoms with van der Waals surface area (Å²) < 4.78 is 0. The Kier molecular flexibility index (Phi) is 3.54. The van der Waals surface area contributed by atoms with E-state index in [4.69, 9.17) is 4.98 Å². The summed E-state index contributed by atoms with van der Waals surface area (Å²) in [7, 11) is 1.97. The molecule has 0 aromatic carbocycles. The highest BCUT2D eigenvalue weighted by molar-refractivity contribution is 7.10. The first kappa shape index (κ1) is 12.2. The van der Waals surface area contributed by atoms with Crippen molar-refractivity contribution in [1.82, 2.24) is 15.3 Å². The predicted molar refractivity (Wildman–Crippen MR) is 72.3 cm³/mol. The van der Waals surface area contributed by atoms with Crippen molar-refractivity contribution < 1.29 is 0 Å². The van der Waals surface area contributed by atoms with Crippen molar-refractivity contribution in [3.8, 4) is 11.3 Å². The van der Waals surface area contributed by atoms with Crippen LogP contribution in [0.4, 0.5) is 0 Å². The van der Waals surface area contributed by atoms with Crippen LogP contribution in [0.2, 0.25) is 0 Å². The number of hydrogen-bond acceptors (Lipinski definition) is 4. The fraction of sp³-hybridized carbons (Fsp3) is 0.385. The molecule has 2 aromatic heterocycles. The lowest BCUT2D eigenvalue weighted by Crippen LogP contribution is -2.30. The molecule has 0 bridgehead atoms. The van der Waals surface area contributed by atoms with E-state index in [-0.39, 0.29) is 5.41 Å². The van der Waals surface area contributed by atoms with Crippen molar-refractivity contribution in [2.45, 2.75) is 19.3 Å². The van der Waals surface area contributed by atoms with Crippen LogP contribution >= 0.6 is 11.3 Å². The van der Waals surface area contributed by atoms with Gasteiger partial charge < -0.3 is 5.32 Å². The minimum Gasteiger partial charge on any atom is -0.319 e. The summed E-state index contributed by atoms with van der Waals surface area (Å²) in [5, 5.41) is 6.49. The van der Waals surface area contributed by atoms with Crippen molar-refractivity contribution >= 4 is 11.3 Å². The number of likely N-dealkylation sites (N-methyl/N-ethyl adjacent to an activating group) is 1. The standard InChI is InChI=1S/C13H17N3S/c1-13(2,9-14-3)12-16-11(8-17-12)10-4-6-15-7-5-10/h4-8,14H,9H2,1-3H3. The molecule has 1 N–H and O–H groups in total. The van der Waals surface area contributed by atoms with E-state index in [2.05, 4.69) is 29.5 Å². The van der Waals surface area contributed by atoms with E-state index >= 15 is 0 Å². The van der Waals surface area contributed by atoms with E-state index < -0.39 is 0 Å². The Morgan fingerprint density at radius 3 is 2.65 bits per heavy atom. The SMILES string of the molecule is CNCC(C)(C)c1nc(-c2ccncc2)cs1. The van der Waals surface area contributed by atoms with Crippen molar-refractivity contribution in [2.24, 2.45) is 0 Å². The zero-order valence-corrected chi connectivity index (χ0v) is 11.2. The molecule has 2 heterocycles. The summed E-state index contributed by atoms with van der Waals surface area (Å²) in [4.78, 5) is 8.74. The maximum absolute atomic E-state index is 4.72. The summed E-state index contributed by atoms with van der Waals surface area (Å²) in [6.07, 6.45) is 3.60. The Labute approximate surface area is 106 Å². The van der Waals surface area contributed by atoms with Gasteiger partial charge in [0.05, 0.1) is 5.69 Å². The molecule has 4 heteroatoms. The molecule has 0 spiro atoms. The Morgan fingerprint density at radius 1 is 1.29 bits per heavy atom. The van der Waals surface area contributed by atoms with Crippen molar-refractivity contribution in [1.29, 1.82) is 0 Å². The van der Waals surface area contributed by atoms with Gasteiger partial charge in [0, 0.05) is 35.3 Å². The third-order valence-corrected chi connectivity index (χ3v) is 3.89. The van der Waals surface area contributed by atoms with Crippen LogP contribution in [0.15, 0.2) is 29.9 Å². The molecule has 0 unspecified atom stereocenters. The molecule has 0 aliphatic rings. The quantitative estimate of drug-likeness (QED) is 0.902. The highest BCUT2D eigenvalue weighted by Crippen LogP contribution is 2.29. The van der Waals surface area contributed by atoms with Crippen LogP contribution < -0.4 is 5.32 Å². The molecule has 3 nitrogen and oxygen atoms in total. The van der Waals surface area contributed by atoms with Gasteiger partial charge >= 0.3 is 0 Å². The molecular weight excluding hydrogens is 230 g/mol. The van der Waals surface area contributed by atoms with Gasteiger partial charge in [-0.15, -0.1) is 11.3 Å². The Morgan fingerprint density at radius 2 is 2.00 bits per heavy atom. The third-order valence-electron chi connectivity index (χ3n) is 2.68. The van der Waals surface area contributed by atoms with Gasteiger partial charge in [0.2, 0.25) is 0 Å². The van der Waals surface area contributed by atoms with E-state index in [0.29, 0.717) is 0 Å². The highest BCUT2D eigenvalue weighted by Gasteiger charge is 2.23. The van der Waals surface area contributed by atoms with E-state index in [1.54, 1.807) is 23.7 Å². The molecule has 0 radical (unpaired) electrons. The van der Waals surface area contributed by atoms with Gasteiger partial charge in [-0.25, -0.2) is 4.98 Å². The average Bonchev–Trinajstić information content (AvgIpc) is 2.80. The van der Waals surface area contributed by atoms with Crippen molar-refractivity contribution in [3.63, 3.8) is 0 Å². The number of pyridine rings is 1. The van der Waals surface area contributed by atoms with Gasteiger partial charge in [-0.3, -0.25) is 4.98 Å². The molecule has 0 aliphatic carbocycles. The summed E-state index contributed by atoms with van der Waals surface area (Å²) in [6.45, 7) is 5.34. The second kappa shape index (κ2) is 4.94. The highest BCUT2D eigenvalue weighted by atomic mass is 32.1. The number of thiazole rings is 1. The number of nitrogens with one attached hydrogen (secondary N) is 1. The normalized spacial score (nSPS) is 11.7. The maximum Gasteiger partial charge on any atom is 0.100 e. The molecule has 0 saturated carbocycles. The Balaban J connectivity index is 2.28. The number of aromatic nitrogens is 2. The number of rotatable bonds is 4. The van der Waals surface area contributed by atoms with Crippen LogP contribution in [-0.4, -0.2) is 23.6 Å². The molecule has 2 rings (SSSR count). The molecule has 0 amide bonds. The van der Waals surface area contributed by atoms with Crippen molar-refractivity contribution in [2.75, 3.05) is 13.6 Å². The molecule has 0 aliphatic heterocycles. The van der Waals surface area contributed by atoms with Crippen LogP contribution in [0.25, 0.3) is 11.3 Å². The van der Waals surface area contributed by atoms with E-state index in [9.17, 15) is 0 Å². The summed E-state index contributed by atoms with van der Waals surface area (Å²) in [6, 6.07) is 3.98. The topological polar surface area (TPSA) is 37.8 Å². The lowest BCUT2D eigenvalue weighted by molar-refractivity contribution is 0.492. The summed E-state index contributed by atoms with van der Waals surface area (Å²) in [5.41, 5.74) is 2.24. The minimum atomic E-state index is 0.0741. The van der Waals surface area contributed by atoms with E-state index in [1.165, 1.54) is 5.01 Å². The molecule has 90 valence electrons. The fourth-order valence-electron chi connectivity index (χ4n) is 1.76. The first-order valence-electron chi connectivity index (χ1n) is 5.64. The predicted octanol–water partition coefficient (Wildman–Crippen LogP) is 2.70. The molecule has 0 saturated heterocycles. The van der Waals surface area contributed by atoms with Crippen LogP contribution in [0.1, 0.15) is 18.9 Å². The summed E-state index contributed by atoms with van der Waals surface area (Å²) in [5.74, 6) is 0. The zero-order chi connectivity index (χ0) is 12.3. The third kappa shape index (κ3) is 2.70. The van der Waals surface area contributed by atoms with Gasteiger partial charge in [-0.2, -0.15) is 0 Å². The maximum atomic E-state index is 4.72. The lowest BCUT2D eigenvalue weighted by Gasteiger charge is -2.20. The first-order valence-corrected chi connectivity index (χ1v) is 6.52. The zero-order valence-electron chi connectivity index (χ0n) is 10.4. The van der Waals surface area contributed by atoms with Gasteiger partial charge in [0.25, 0.3) is 0 Å². The van der Waals surface area contributed by atoms with Crippen LogP contribution in [0.5, 0.6) is 0 Å². The second-order valence-corrected chi connectivity index (χ2v) is 5.55. The van der Waals surface area contributed by atoms with E-state index in [1.807, 2.05) is 19.2 Å².